The van der Waals surface area contributed by atoms with E-state index in [2.05, 4.69) is 0 Å². The molecule has 0 aliphatic heterocycles. The van der Waals surface area contributed by atoms with Crippen molar-refractivity contribution in [3.8, 4) is 5.75 Å². The molecule has 1 aromatic carbocycles. The maximum absolute atomic E-state index is 5.72. The Morgan fingerprint density at radius 1 is 1.00 bits per heavy atom. The number of ether oxygens (including phenoxy) is 3. The van der Waals surface area contributed by atoms with Crippen molar-refractivity contribution in [1.29, 1.82) is 0 Å². The minimum Gasteiger partial charge on any atom is -0.489 e. The van der Waals surface area contributed by atoms with Crippen molar-refractivity contribution in [1.82, 2.24) is 0 Å². The van der Waals surface area contributed by atoms with Gasteiger partial charge in [-0.25, -0.2) is 0 Å². The molecule has 0 aromatic heterocycles. The monoisotopic (exact) mass is 298 g/mol. The highest BCUT2D eigenvalue weighted by Crippen LogP contribution is 2.23. The maximum Gasteiger partial charge on any atom is 0.142 e. The van der Waals surface area contributed by atoms with Gasteiger partial charge in [0.05, 0.1) is 25.5 Å². The van der Waals surface area contributed by atoms with E-state index in [0.29, 0.717) is 43.6 Å². The third-order valence-electron chi connectivity index (χ3n) is 1.95. The van der Waals surface area contributed by atoms with Gasteiger partial charge in [0.1, 0.15) is 12.4 Å². The van der Waals surface area contributed by atoms with Crippen LogP contribution in [0.5, 0.6) is 5.75 Å². The van der Waals surface area contributed by atoms with E-state index in [1.807, 2.05) is 0 Å². The van der Waals surface area contributed by atoms with Gasteiger partial charge in [-0.15, -0.1) is 24.8 Å². The summed E-state index contributed by atoms with van der Waals surface area (Å²) in [5, 5.41) is 0. The zero-order valence-corrected chi connectivity index (χ0v) is 11.9. The third kappa shape index (κ3) is 7.45. The molecule has 0 bridgehead atoms. The molecule has 0 saturated heterocycles. The van der Waals surface area contributed by atoms with E-state index in [1.54, 1.807) is 25.3 Å². The molecule has 0 fully saturated rings. The molecular weight excluding hydrogens is 279 g/mol. The van der Waals surface area contributed by atoms with E-state index < -0.39 is 0 Å². The number of nitrogens with two attached hydrogens (primary N) is 2. The van der Waals surface area contributed by atoms with Gasteiger partial charge in [0.15, 0.2) is 0 Å². The van der Waals surface area contributed by atoms with E-state index in [-0.39, 0.29) is 24.8 Å². The molecule has 106 valence electrons. The molecule has 0 saturated carbocycles. The predicted molar refractivity (Wildman–Crippen MR) is 78.0 cm³/mol. The number of hydrogen-bond donors (Lipinski definition) is 2. The SMILES string of the molecule is COCCOCCOc1ccc(N)cc1N.Cl.Cl. The molecule has 0 aliphatic carbocycles. The molecule has 0 atom stereocenters. The lowest BCUT2D eigenvalue weighted by Crippen LogP contribution is -2.10. The van der Waals surface area contributed by atoms with Crippen LogP contribution in [0.25, 0.3) is 0 Å². The van der Waals surface area contributed by atoms with Crippen LogP contribution in [-0.4, -0.2) is 33.5 Å². The van der Waals surface area contributed by atoms with Crippen LogP contribution < -0.4 is 16.2 Å². The maximum atomic E-state index is 5.72. The van der Waals surface area contributed by atoms with Crippen LogP contribution >= 0.6 is 24.8 Å². The molecule has 18 heavy (non-hydrogen) atoms. The Morgan fingerprint density at radius 2 is 1.67 bits per heavy atom. The van der Waals surface area contributed by atoms with Gasteiger partial charge in [0.2, 0.25) is 0 Å². The van der Waals surface area contributed by atoms with Crippen LogP contribution in [0.1, 0.15) is 0 Å². The predicted octanol–water partition coefficient (Wildman–Crippen LogP) is 1.74. The van der Waals surface area contributed by atoms with Crippen LogP contribution in [0.2, 0.25) is 0 Å². The lowest BCUT2D eigenvalue weighted by molar-refractivity contribution is 0.0545. The Morgan fingerprint density at radius 3 is 2.28 bits per heavy atom. The summed E-state index contributed by atoms with van der Waals surface area (Å²) in [5.41, 5.74) is 12.4. The van der Waals surface area contributed by atoms with Gasteiger partial charge in [0, 0.05) is 12.8 Å². The van der Waals surface area contributed by atoms with Gasteiger partial charge in [-0.3, -0.25) is 0 Å². The van der Waals surface area contributed by atoms with E-state index >= 15 is 0 Å². The van der Waals surface area contributed by atoms with Gasteiger partial charge in [0.25, 0.3) is 0 Å². The molecule has 1 aromatic rings. The zero-order valence-electron chi connectivity index (χ0n) is 10.3. The fraction of sp³-hybridized carbons (Fsp3) is 0.455. The molecule has 7 heteroatoms. The van der Waals surface area contributed by atoms with E-state index in [9.17, 15) is 0 Å². The van der Waals surface area contributed by atoms with E-state index in [4.69, 9.17) is 25.7 Å². The van der Waals surface area contributed by atoms with Crippen molar-refractivity contribution in [2.45, 2.75) is 0 Å². The molecule has 0 spiro atoms. The molecule has 0 aliphatic rings. The minimum absolute atomic E-state index is 0. The molecule has 1 rings (SSSR count). The number of hydrogen-bond acceptors (Lipinski definition) is 5. The summed E-state index contributed by atoms with van der Waals surface area (Å²) >= 11 is 0. The normalized spacial score (nSPS) is 9.17. The molecule has 4 N–H and O–H groups in total. The first kappa shape index (κ1) is 19.5. The summed E-state index contributed by atoms with van der Waals surface area (Å²) in [6.45, 7) is 2.12. The smallest absolute Gasteiger partial charge is 0.142 e. The van der Waals surface area contributed by atoms with Crippen LogP contribution in [0, 0.1) is 0 Å². The van der Waals surface area contributed by atoms with Crippen LogP contribution in [-0.2, 0) is 9.47 Å². The van der Waals surface area contributed by atoms with E-state index in [1.165, 1.54) is 0 Å². The first-order valence-corrected chi connectivity index (χ1v) is 5.08. The highest BCUT2D eigenvalue weighted by molar-refractivity contribution is 5.85. The highest BCUT2D eigenvalue weighted by Gasteiger charge is 2.00. The van der Waals surface area contributed by atoms with Crippen molar-refractivity contribution in [3.63, 3.8) is 0 Å². The Balaban J connectivity index is 0. The Hall–Kier alpha value is -0.880. The minimum atomic E-state index is 0. The summed E-state index contributed by atoms with van der Waals surface area (Å²) in [5.74, 6) is 0.629. The second-order valence-electron chi connectivity index (χ2n) is 3.25. The highest BCUT2D eigenvalue weighted by atomic mass is 35.5. The molecule has 0 radical (unpaired) electrons. The quantitative estimate of drug-likeness (QED) is 0.592. The fourth-order valence-electron chi connectivity index (χ4n) is 1.15. The molecule has 5 nitrogen and oxygen atoms in total. The lowest BCUT2D eigenvalue weighted by Gasteiger charge is -2.09. The van der Waals surface area contributed by atoms with Gasteiger partial charge < -0.3 is 25.7 Å². The van der Waals surface area contributed by atoms with Crippen molar-refractivity contribution >= 4 is 36.2 Å². The summed E-state index contributed by atoms with van der Waals surface area (Å²) in [6, 6.07) is 5.17. The fourth-order valence-corrected chi connectivity index (χ4v) is 1.15. The summed E-state index contributed by atoms with van der Waals surface area (Å²) < 4.78 is 15.5. The van der Waals surface area contributed by atoms with Crippen molar-refractivity contribution in [2.24, 2.45) is 0 Å². The van der Waals surface area contributed by atoms with E-state index in [0.717, 1.165) is 0 Å². The summed E-state index contributed by atoms with van der Waals surface area (Å²) in [6.07, 6.45) is 0. The number of rotatable bonds is 7. The summed E-state index contributed by atoms with van der Waals surface area (Å²) in [4.78, 5) is 0. The second-order valence-corrected chi connectivity index (χ2v) is 3.25. The van der Waals surface area contributed by atoms with Crippen LogP contribution in [0.15, 0.2) is 18.2 Å². The Kier molecular flexibility index (Phi) is 12.1. The van der Waals surface area contributed by atoms with Crippen LogP contribution in [0.3, 0.4) is 0 Å². The van der Waals surface area contributed by atoms with Gasteiger partial charge in [-0.1, -0.05) is 0 Å². The zero-order chi connectivity index (χ0) is 11.8. The molecular formula is C11H20Cl2N2O3. The number of methoxy groups -OCH3 is 1. The largest absolute Gasteiger partial charge is 0.489 e. The van der Waals surface area contributed by atoms with Gasteiger partial charge in [-0.05, 0) is 18.2 Å². The number of benzene rings is 1. The summed E-state index contributed by atoms with van der Waals surface area (Å²) in [7, 11) is 1.63. The Bertz CT molecular complexity index is 327. The number of anilines is 2. The van der Waals surface area contributed by atoms with Crippen molar-refractivity contribution in [2.75, 3.05) is 45.0 Å². The second kappa shape index (κ2) is 11.2. The molecule has 0 heterocycles. The van der Waals surface area contributed by atoms with Crippen LogP contribution in [0.4, 0.5) is 11.4 Å². The van der Waals surface area contributed by atoms with Gasteiger partial charge in [-0.2, -0.15) is 0 Å². The first-order valence-electron chi connectivity index (χ1n) is 5.08. The van der Waals surface area contributed by atoms with Crippen molar-refractivity contribution < 1.29 is 14.2 Å². The standard InChI is InChI=1S/C11H18N2O3.2ClH/c1-14-4-5-15-6-7-16-11-3-2-9(12)8-10(11)13;;/h2-3,8H,4-7,12-13H2,1H3;2*1H. The Labute approximate surface area is 120 Å². The lowest BCUT2D eigenvalue weighted by atomic mass is 10.2. The molecule has 0 amide bonds. The molecule has 0 unspecified atom stereocenters. The first-order chi connectivity index (χ1) is 7.74. The third-order valence-corrected chi connectivity index (χ3v) is 1.95. The number of nitrogen functional groups attached to an aromatic ring is 2. The van der Waals surface area contributed by atoms with Crippen molar-refractivity contribution in [3.05, 3.63) is 18.2 Å². The average Bonchev–Trinajstić information content (AvgIpc) is 2.26. The topological polar surface area (TPSA) is 79.7 Å². The number of halogens is 2. The van der Waals surface area contributed by atoms with Gasteiger partial charge >= 0.3 is 0 Å². The average molecular weight is 299 g/mol.